The second-order valence-electron chi connectivity index (χ2n) is 6.87. The van der Waals surface area contributed by atoms with Crippen molar-refractivity contribution in [3.05, 3.63) is 89.2 Å². The largest absolute Gasteiger partial charge is 0.350 e. The molecule has 0 atom stereocenters. The number of halogens is 1. The minimum atomic E-state index is -0.0989. The molecule has 1 N–H and O–H groups in total. The first-order valence-electron chi connectivity index (χ1n) is 9.68. The maximum absolute atomic E-state index is 12.4. The van der Waals surface area contributed by atoms with Gasteiger partial charge < -0.3 is 5.32 Å². The van der Waals surface area contributed by atoms with Gasteiger partial charge in [-0.25, -0.2) is 0 Å². The molecule has 2 aromatic carbocycles. The van der Waals surface area contributed by atoms with E-state index in [-0.39, 0.29) is 11.7 Å². The first-order valence-corrected chi connectivity index (χ1v) is 11.0. The van der Waals surface area contributed by atoms with Gasteiger partial charge in [-0.3, -0.25) is 14.3 Å². The number of thioether (sulfide) groups is 1. The summed E-state index contributed by atoms with van der Waals surface area (Å²) in [7, 11) is 0. The summed E-state index contributed by atoms with van der Waals surface area (Å²) in [4.78, 5) is 16.6. The van der Waals surface area contributed by atoms with Crippen LogP contribution in [0, 0.1) is 6.92 Å². The average molecular weight is 450 g/mol. The third-order valence-electron chi connectivity index (χ3n) is 4.55. The molecule has 6 nitrogen and oxygen atoms in total. The molecule has 1 amide bonds. The van der Waals surface area contributed by atoms with Gasteiger partial charge in [0.1, 0.15) is 0 Å². The smallest absolute Gasteiger partial charge is 0.230 e. The Bertz CT molecular complexity index is 1160. The number of nitrogens with one attached hydrogen (secondary N) is 1. The van der Waals surface area contributed by atoms with Gasteiger partial charge in [0.2, 0.25) is 5.91 Å². The predicted octanol–water partition coefficient (Wildman–Crippen LogP) is 4.70. The topological polar surface area (TPSA) is 72.7 Å². The van der Waals surface area contributed by atoms with Crippen molar-refractivity contribution in [3.8, 4) is 17.1 Å². The number of rotatable bonds is 7. The van der Waals surface area contributed by atoms with Crippen molar-refractivity contribution in [2.75, 3.05) is 5.75 Å². The highest BCUT2D eigenvalue weighted by molar-refractivity contribution is 7.99. The van der Waals surface area contributed by atoms with Crippen molar-refractivity contribution in [2.24, 2.45) is 0 Å². The number of carbonyl (C=O) groups excluding carboxylic acids is 1. The van der Waals surface area contributed by atoms with Crippen LogP contribution in [-0.4, -0.2) is 31.4 Å². The van der Waals surface area contributed by atoms with Gasteiger partial charge in [0.15, 0.2) is 11.0 Å². The van der Waals surface area contributed by atoms with Gasteiger partial charge in [0, 0.05) is 22.5 Å². The van der Waals surface area contributed by atoms with E-state index in [1.807, 2.05) is 78.2 Å². The van der Waals surface area contributed by atoms with Gasteiger partial charge in [-0.2, -0.15) is 0 Å². The lowest BCUT2D eigenvalue weighted by Gasteiger charge is -2.11. The normalized spacial score (nSPS) is 10.8. The molecular formula is C23H20ClN5OS. The summed E-state index contributed by atoms with van der Waals surface area (Å²) in [5, 5.41) is 12.9. The highest BCUT2D eigenvalue weighted by Gasteiger charge is 2.17. The van der Waals surface area contributed by atoms with Crippen LogP contribution in [0.1, 0.15) is 11.3 Å². The fourth-order valence-electron chi connectivity index (χ4n) is 2.95. The van der Waals surface area contributed by atoms with Gasteiger partial charge in [0.25, 0.3) is 0 Å². The summed E-state index contributed by atoms with van der Waals surface area (Å²) >= 11 is 7.40. The molecule has 2 heterocycles. The summed E-state index contributed by atoms with van der Waals surface area (Å²) in [6.07, 6.45) is 1.71. The van der Waals surface area contributed by atoms with Crippen LogP contribution in [0.2, 0.25) is 5.02 Å². The lowest BCUT2D eigenvalue weighted by molar-refractivity contribution is -0.118. The summed E-state index contributed by atoms with van der Waals surface area (Å²) in [5.74, 6) is 0.823. The van der Waals surface area contributed by atoms with E-state index in [1.54, 1.807) is 6.20 Å². The van der Waals surface area contributed by atoms with Crippen LogP contribution in [0.4, 0.5) is 0 Å². The second kappa shape index (κ2) is 9.76. The van der Waals surface area contributed by atoms with Gasteiger partial charge >= 0.3 is 0 Å². The number of amides is 1. The lowest BCUT2D eigenvalue weighted by atomic mass is 10.1. The lowest BCUT2D eigenvalue weighted by Crippen LogP contribution is -2.25. The average Bonchev–Trinajstić information content (AvgIpc) is 3.22. The Labute approximate surface area is 189 Å². The van der Waals surface area contributed by atoms with Crippen molar-refractivity contribution in [3.63, 3.8) is 0 Å². The van der Waals surface area contributed by atoms with E-state index in [4.69, 9.17) is 11.6 Å². The summed E-state index contributed by atoms with van der Waals surface area (Å²) in [6, 6.07) is 21.2. The van der Waals surface area contributed by atoms with Crippen molar-refractivity contribution in [2.45, 2.75) is 18.6 Å². The Morgan fingerprint density at radius 2 is 1.81 bits per heavy atom. The number of carbonyl (C=O) groups is 1. The van der Waals surface area contributed by atoms with Crippen molar-refractivity contribution < 1.29 is 4.79 Å². The number of aryl methyl sites for hydroxylation is 1. The molecule has 0 radical (unpaired) electrons. The van der Waals surface area contributed by atoms with E-state index in [0.717, 1.165) is 16.9 Å². The van der Waals surface area contributed by atoms with Gasteiger partial charge in [-0.05, 0) is 43.3 Å². The first kappa shape index (κ1) is 21.1. The quantitative estimate of drug-likeness (QED) is 0.414. The van der Waals surface area contributed by atoms with Crippen LogP contribution in [0.15, 0.2) is 78.1 Å². The Morgan fingerprint density at radius 3 is 2.52 bits per heavy atom. The summed E-state index contributed by atoms with van der Waals surface area (Å²) in [6.45, 7) is 2.43. The zero-order valence-corrected chi connectivity index (χ0v) is 18.4. The first-order chi connectivity index (χ1) is 15.1. The molecule has 31 heavy (non-hydrogen) atoms. The number of aromatic nitrogens is 4. The molecule has 0 aliphatic rings. The van der Waals surface area contributed by atoms with E-state index in [0.29, 0.717) is 22.5 Å². The molecule has 0 bridgehead atoms. The minimum Gasteiger partial charge on any atom is -0.350 e. The van der Waals surface area contributed by atoms with E-state index in [1.165, 1.54) is 17.3 Å². The fraction of sp³-hybridized carbons (Fsp3) is 0.130. The molecule has 8 heteroatoms. The van der Waals surface area contributed by atoms with E-state index >= 15 is 0 Å². The Hall–Kier alpha value is -3.16. The molecule has 0 spiro atoms. The standard InChI is InChI=1S/C23H20ClN5OS/c1-16-5-7-17(8-6-16)22-27-28-23(29(22)20-11-9-18(24)10-12-20)31-15-21(30)26-14-19-4-2-3-13-25-19/h2-13H,14-15H2,1H3,(H,26,30). The monoisotopic (exact) mass is 449 g/mol. The van der Waals surface area contributed by atoms with E-state index in [9.17, 15) is 4.79 Å². The number of benzene rings is 2. The summed E-state index contributed by atoms with van der Waals surface area (Å²) < 4.78 is 1.94. The number of nitrogens with zero attached hydrogens (tertiary/aromatic N) is 4. The SMILES string of the molecule is Cc1ccc(-c2nnc(SCC(=O)NCc3ccccn3)n2-c2ccc(Cl)cc2)cc1. The zero-order valence-electron chi connectivity index (χ0n) is 16.8. The van der Waals surface area contributed by atoms with Crippen LogP contribution < -0.4 is 5.32 Å². The third-order valence-corrected chi connectivity index (χ3v) is 5.73. The van der Waals surface area contributed by atoms with E-state index < -0.39 is 0 Å². The van der Waals surface area contributed by atoms with Gasteiger partial charge in [0.05, 0.1) is 18.0 Å². The predicted molar refractivity (Wildman–Crippen MR) is 123 cm³/mol. The molecule has 0 saturated heterocycles. The molecular weight excluding hydrogens is 430 g/mol. The Balaban J connectivity index is 1.55. The molecule has 0 aliphatic heterocycles. The summed E-state index contributed by atoms with van der Waals surface area (Å²) in [5.41, 5.74) is 3.80. The second-order valence-corrected chi connectivity index (χ2v) is 8.25. The Kier molecular flexibility index (Phi) is 6.64. The van der Waals surface area contributed by atoms with Crippen LogP contribution in [-0.2, 0) is 11.3 Å². The maximum Gasteiger partial charge on any atom is 0.230 e. The molecule has 0 saturated carbocycles. The number of hydrogen-bond acceptors (Lipinski definition) is 5. The highest BCUT2D eigenvalue weighted by atomic mass is 35.5. The number of pyridine rings is 1. The fourth-order valence-corrected chi connectivity index (χ4v) is 3.86. The highest BCUT2D eigenvalue weighted by Crippen LogP contribution is 2.28. The zero-order chi connectivity index (χ0) is 21.6. The van der Waals surface area contributed by atoms with Crippen LogP contribution in [0.5, 0.6) is 0 Å². The molecule has 0 aliphatic carbocycles. The van der Waals surface area contributed by atoms with Crippen molar-refractivity contribution >= 4 is 29.3 Å². The molecule has 156 valence electrons. The van der Waals surface area contributed by atoms with E-state index in [2.05, 4.69) is 20.5 Å². The van der Waals surface area contributed by atoms with Crippen molar-refractivity contribution in [1.82, 2.24) is 25.1 Å². The molecule has 4 aromatic rings. The van der Waals surface area contributed by atoms with Gasteiger partial charge in [-0.1, -0.05) is 59.3 Å². The molecule has 0 fully saturated rings. The van der Waals surface area contributed by atoms with Crippen LogP contribution >= 0.6 is 23.4 Å². The molecule has 0 unspecified atom stereocenters. The molecule has 4 rings (SSSR count). The maximum atomic E-state index is 12.4. The van der Waals surface area contributed by atoms with Crippen LogP contribution in [0.25, 0.3) is 17.1 Å². The van der Waals surface area contributed by atoms with Crippen LogP contribution in [0.3, 0.4) is 0 Å². The van der Waals surface area contributed by atoms with Gasteiger partial charge in [-0.15, -0.1) is 10.2 Å². The number of hydrogen-bond donors (Lipinski definition) is 1. The van der Waals surface area contributed by atoms with Crippen molar-refractivity contribution in [1.29, 1.82) is 0 Å². The minimum absolute atomic E-state index is 0.0989. The Morgan fingerprint density at radius 1 is 1.03 bits per heavy atom. The molecule has 2 aromatic heterocycles. The third kappa shape index (κ3) is 5.31.